The van der Waals surface area contributed by atoms with Gasteiger partial charge in [0.25, 0.3) is 0 Å². The van der Waals surface area contributed by atoms with Gasteiger partial charge in [0, 0.05) is 0 Å². The predicted molar refractivity (Wildman–Crippen MR) is 55.8 cm³/mol. The Balaban J connectivity index is 2.97. The molecule has 4 N–H and O–H groups in total. The molecule has 0 aliphatic heterocycles. The van der Waals surface area contributed by atoms with Gasteiger partial charge in [-0.05, 0) is 20.3 Å². The van der Waals surface area contributed by atoms with Gasteiger partial charge in [-0.3, -0.25) is 4.79 Å². The Morgan fingerprint density at radius 3 is 2.60 bits per heavy atom. The van der Waals surface area contributed by atoms with E-state index in [4.69, 9.17) is 11.5 Å². The third-order valence-corrected chi connectivity index (χ3v) is 2.20. The maximum atomic E-state index is 11.1. The number of hydrogen-bond acceptors (Lipinski definition) is 4. The summed E-state index contributed by atoms with van der Waals surface area (Å²) in [5.41, 5.74) is 11.2. The Morgan fingerprint density at radius 1 is 1.67 bits per heavy atom. The topological polar surface area (TPSA) is 99.8 Å². The lowest BCUT2D eigenvalue weighted by atomic mass is 10.0. The number of primary amides is 1. The predicted octanol–water partition coefficient (Wildman–Crippen LogP) is -0.0917. The fraction of sp³-hybridized carbons (Fsp3) is 0.667. The SMILES string of the molecule is CCC(C(N)=O)n1cc(C(C)(C)N)nn1. The summed E-state index contributed by atoms with van der Waals surface area (Å²) in [6, 6.07) is -0.450. The zero-order valence-electron chi connectivity index (χ0n) is 9.27. The molecule has 0 aromatic carbocycles. The van der Waals surface area contributed by atoms with Gasteiger partial charge in [-0.2, -0.15) is 0 Å². The van der Waals surface area contributed by atoms with E-state index in [0.717, 1.165) is 0 Å². The summed E-state index contributed by atoms with van der Waals surface area (Å²) in [6.45, 7) is 5.52. The standard InChI is InChI=1S/C9H17N5O/c1-4-6(8(10)15)14-5-7(12-13-14)9(2,3)11/h5-6H,4,11H2,1-3H3,(H2,10,15). The number of rotatable bonds is 4. The Labute approximate surface area is 88.6 Å². The first-order chi connectivity index (χ1) is 6.86. The van der Waals surface area contributed by atoms with E-state index >= 15 is 0 Å². The second kappa shape index (κ2) is 3.98. The van der Waals surface area contributed by atoms with Crippen LogP contribution in [0, 0.1) is 0 Å². The van der Waals surface area contributed by atoms with Crippen LogP contribution in [-0.2, 0) is 10.3 Å². The molecule has 0 spiro atoms. The van der Waals surface area contributed by atoms with Crippen LogP contribution in [0.4, 0.5) is 0 Å². The quantitative estimate of drug-likeness (QED) is 0.726. The molecule has 1 unspecified atom stereocenters. The molecule has 0 aliphatic carbocycles. The average molecular weight is 211 g/mol. The molecule has 6 heteroatoms. The van der Waals surface area contributed by atoms with Crippen molar-refractivity contribution in [3.05, 3.63) is 11.9 Å². The van der Waals surface area contributed by atoms with Crippen LogP contribution >= 0.6 is 0 Å². The average Bonchev–Trinajstić information content (AvgIpc) is 2.52. The van der Waals surface area contributed by atoms with Gasteiger partial charge >= 0.3 is 0 Å². The van der Waals surface area contributed by atoms with Crippen LogP contribution in [0.1, 0.15) is 38.9 Å². The van der Waals surface area contributed by atoms with Crippen molar-refractivity contribution < 1.29 is 4.79 Å². The van der Waals surface area contributed by atoms with E-state index in [1.165, 1.54) is 4.68 Å². The largest absolute Gasteiger partial charge is 0.368 e. The summed E-state index contributed by atoms with van der Waals surface area (Å²) < 4.78 is 1.46. The molecule has 1 aromatic rings. The summed E-state index contributed by atoms with van der Waals surface area (Å²) >= 11 is 0. The second-order valence-corrected chi connectivity index (χ2v) is 4.13. The maximum Gasteiger partial charge on any atom is 0.242 e. The highest BCUT2D eigenvalue weighted by atomic mass is 16.1. The number of aromatic nitrogens is 3. The fourth-order valence-corrected chi connectivity index (χ4v) is 1.24. The van der Waals surface area contributed by atoms with E-state index in [0.29, 0.717) is 12.1 Å². The van der Waals surface area contributed by atoms with Crippen molar-refractivity contribution in [2.45, 2.75) is 38.8 Å². The summed E-state index contributed by atoms with van der Waals surface area (Å²) in [5, 5.41) is 7.78. The number of nitrogens with zero attached hydrogens (tertiary/aromatic N) is 3. The molecule has 0 aliphatic rings. The van der Waals surface area contributed by atoms with E-state index in [2.05, 4.69) is 10.3 Å². The van der Waals surface area contributed by atoms with Crippen LogP contribution in [0.2, 0.25) is 0 Å². The lowest BCUT2D eigenvalue weighted by molar-refractivity contribution is -0.121. The number of hydrogen-bond donors (Lipinski definition) is 2. The lowest BCUT2D eigenvalue weighted by Crippen LogP contribution is -2.29. The van der Waals surface area contributed by atoms with Crippen molar-refractivity contribution in [2.75, 3.05) is 0 Å². The minimum Gasteiger partial charge on any atom is -0.368 e. The molecule has 1 rings (SSSR count). The number of nitrogens with two attached hydrogens (primary N) is 2. The van der Waals surface area contributed by atoms with Crippen molar-refractivity contribution >= 4 is 5.91 Å². The molecule has 1 aromatic heterocycles. The monoisotopic (exact) mass is 211 g/mol. The second-order valence-electron chi connectivity index (χ2n) is 4.13. The molecule has 15 heavy (non-hydrogen) atoms. The van der Waals surface area contributed by atoms with Gasteiger partial charge in [0.05, 0.1) is 11.7 Å². The van der Waals surface area contributed by atoms with Gasteiger partial charge in [0.1, 0.15) is 11.7 Å². The highest BCUT2D eigenvalue weighted by molar-refractivity contribution is 5.78. The van der Waals surface area contributed by atoms with Gasteiger partial charge in [0.2, 0.25) is 5.91 Å². The van der Waals surface area contributed by atoms with E-state index in [1.54, 1.807) is 6.20 Å². The third-order valence-electron chi connectivity index (χ3n) is 2.20. The van der Waals surface area contributed by atoms with E-state index in [1.807, 2.05) is 20.8 Å². The van der Waals surface area contributed by atoms with Crippen molar-refractivity contribution in [1.29, 1.82) is 0 Å². The zero-order valence-corrected chi connectivity index (χ0v) is 9.27. The molecule has 1 heterocycles. The Bertz CT molecular complexity index is 352. The van der Waals surface area contributed by atoms with Crippen LogP contribution < -0.4 is 11.5 Å². The molecule has 0 saturated carbocycles. The fourth-order valence-electron chi connectivity index (χ4n) is 1.24. The smallest absolute Gasteiger partial charge is 0.242 e. The van der Waals surface area contributed by atoms with Crippen LogP contribution in [0.5, 0.6) is 0 Å². The third kappa shape index (κ3) is 2.53. The lowest BCUT2D eigenvalue weighted by Gasteiger charge is -2.14. The molecule has 6 nitrogen and oxygen atoms in total. The molecular weight excluding hydrogens is 194 g/mol. The molecule has 1 amide bonds. The van der Waals surface area contributed by atoms with E-state index in [9.17, 15) is 4.79 Å². The maximum absolute atomic E-state index is 11.1. The minimum atomic E-state index is -0.561. The first kappa shape index (κ1) is 11.6. The normalized spacial score (nSPS) is 13.9. The number of amides is 1. The van der Waals surface area contributed by atoms with Crippen LogP contribution in [0.25, 0.3) is 0 Å². The van der Waals surface area contributed by atoms with Crippen molar-refractivity contribution in [3.63, 3.8) is 0 Å². The summed E-state index contributed by atoms with van der Waals surface area (Å²) in [6.07, 6.45) is 2.25. The van der Waals surface area contributed by atoms with E-state index < -0.39 is 17.5 Å². The van der Waals surface area contributed by atoms with Crippen LogP contribution in [0.3, 0.4) is 0 Å². The molecule has 0 saturated heterocycles. The van der Waals surface area contributed by atoms with Crippen LogP contribution in [-0.4, -0.2) is 20.9 Å². The highest BCUT2D eigenvalue weighted by Crippen LogP contribution is 2.16. The van der Waals surface area contributed by atoms with Crippen LogP contribution in [0.15, 0.2) is 6.20 Å². The summed E-state index contributed by atoms with van der Waals surface area (Å²) in [5.74, 6) is -0.413. The summed E-state index contributed by atoms with van der Waals surface area (Å²) in [7, 11) is 0. The Morgan fingerprint density at radius 2 is 2.27 bits per heavy atom. The zero-order chi connectivity index (χ0) is 11.6. The number of carbonyl (C=O) groups excluding carboxylic acids is 1. The van der Waals surface area contributed by atoms with Crippen molar-refractivity contribution in [1.82, 2.24) is 15.0 Å². The molecular formula is C9H17N5O. The number of carbonyl (C=O) groups is 1. The highest BCUT2D eigenvalue weighted by Gasteiger charge is 2.22. The van der Waals surface area contributed by atoms with Gasteiger partial charge in [-0.25, -0.2) is 4.68 Å². The first-order valence-electron chi connectivity index (χ1n) is 4.86. The van der Waals surface area contributed by atoms with E-state index in [-0.39, 0.29) is 0 Å². The Hall–Kier alpha value is -1.43. The summed E-state index contributed by atoms with van der Waals surface area (Å²) in [4.78, 5) is 11.1. The Kier molecular flexibility index (Phi) is 3.09. The first-order valence-corrected chi connectivity index (χ1v) is 4.86. The van der Waals surface area contributed by atoms with Gasteiger partial charge in [-0.15, -0.1) is 5.10 Å². The van der Waals surface area contributed by atoms with Crippen molar-refractivity contribution in [2.24, 2.45) is 11.5 Å². The molecule has 0 radical (unpaired) electrons. The molecule has 84 valence electrons. The van der Waals surface area contributed by atoms with Gasteiger partial charge in [0.15, 0.2) is 0 Å². The minimum absolute atomic E-state index is 0.413. The molecule has 1 atom stereocenters. The van der Waals surface area contributed by atoms with Gasteiger partial charge in [-0.1, -0.05) is 12.1 Å². The van der Waals surface area contributed by atoms with Gasteiger partial charge < -0.3 is 11.5 Å². The van der Waals surface area contributed by atoms with Crippen molar-refractivity contribution in [3.8, 4) is 0 Å². The molecule has 0 fully saturated rings. The molecule has 0 bridgehead atoms.